The number of benzene rings is 1. The van der Waals surface area contributed by atoms with Crippen LogP contribution in [0.15, 0.2) is 34.9 Å². The highest BCUT2D eigenvalue weighted by Gasteiger charge is 2.46. The minimum atomic E-state index is -3.27. The van der Waals surface area contributed by atoms with Crippen LogP contribution in [-0.2, 0) is 26.8 Å². The number of sulfonamides is 1. The lowest BCUT2D eigenvalue weighted by atomic mass is 9.82. The first kappa shape index (κ1) is 21.0. The van der Waals surface area contributed by atoms with Crippen LogP contribution >= 0.6 is 0 Å². The molecular formula is C23H30N2O5S. The zero-order valence-electron chi connectivity index (χ0n) is 17.9. The molecule has 2 aliphatic heterocycles. The Kier molecular flexibility index (Phi) is 5.56. The smallest absolute Gasteiger partial charge is 0.208 e. The van der Waals surface area contributed by atoms with E-state index in [9.17, 15) is 8.42 Å². The third-order valence-corrected chi connectivity index (χ3v) is 7.74. The SMILES string of the molecule is CS(=O)(=O)N[C@H]1CC[C@@]2(COC3CCC(CC3)c3cccc(c3)OCc3cnc2o3)C1. The summed E-state index contributed by atoms with van der Waals surface area (Å²) in [7, 11) is -3.27. The van der Waals surface area contributed by atoms with Crippen LogP contribution in [0.4, 0.5) is 0 Å². The zero-order chi connectivity index (χ0) is 21.5. The molecule has 2 aromatic rings. The Morgan fingerprint density at radius 3 is 2.81 bits per heavy atom. The summed E-state index contributed by atoms with van der Waals surface area (Å²) in [5, 5.41) is 0. The van der Waals surface area contributed by atoms with Gasteiger partial charge in [0.1, 0.15) is 12.4 Å². The van der Waals surface area contributed by atoms with E-state index in [-0.39, 0.29) is 12.1 Å². The third kappa shape index (κ3) is 4.66. The normalized spacial score (nSPS) is 31.2. The minimum absolute atomic E-state index is 0.135. The third-order valence-electron chi connectivity index (χ3n) is 6.98. The van der Waals surface area contributed by atoms with Gasteiger partial charge in [0.15, 0.2) is 5.76 Å². The van der Waals surface area contributed by atoms with E-state index in [0.717, 1.165) is 44.3 Å². The highest BCUT2D eigenvalue weighted by Crippen LogP contribution is 2.43. The van der Waals surface area contributed by atoms with Crippen LogP contribution < -0.4 is 9.46 Å². The van der Waals surface area contributed by atoms with Gasteiger partial charge in [-0.15, -0.1) is 0 Å². The van der Waals surface area contributed by atoms with E-state index in [1.165, 1.54) is 11.8 Å². The van der Waals surface area contributed by atoms with E-state index in [0.29, 0.717) is 37.2 Å². The summed E-state index contributed by atoms with van der Waals surface area (Å²) in [5.74, 6) is 2.67. The lowest BCUT2D eigenvalue weighted by Gasteiger charge is -2.32. The van der Waals surface area contributed by atoms with Gasteiger partial charge in [0.25, 0.3) is 0 Å². The average Bonchev–Trinajstić information content (AvgIpc) is 3.38. The van der Waals surface area contributed by atoms with Crippen LogP contribution in [-0.4, -0.2) is 38.4 Å². The van der Waals surface area contributed by atoms with E-state index >= 15 is 0 Å². The molecule has 4 aliphatic rings. The predicted octanol–water partition coefficient (Wildman–Crippen LogP) is 3.65. The summed E-state index contributed by atoms with van der Waals surface area (Å²) >= 11 is 0. The summed E-state index contributed by atoms with van der Waals surface area (Å²) in [6, 6.07) is 8.23. The number of nitrogens with zero attached hydrogens (tertiary/aromatic N) is 1. The van der Waals surface area contributed by atoms with Gasteiger partial charge in [-0.05, 0) is 68.6 Å². The van der Waals surface area contributed by atoms with Crippen molar-refractivity contribution < 1.29 is 22.3 Å². The molecule has 0 unspecified atom stereocenters. The summed E-state index contributed by atoms with van der Waals surface area (Å²) in [5.41, 5.74) is 0.904. The van der Waals surface area contributed by atoms with Crippen molar-refractivity contribution in [3.63, 3.8) is 0 Å². The maximum Gasteiger partial charge on any atom is 0.208 e. The number of oxazole rings is 1. The van der Waals surface area contributed by atoms with Gasteiger partial charge in [0.05, 0.1) is 30.6 Å². The van der Waals surface area contributed by atoms with Gasteiger partial charge >= 0.3 is 0 Å². The van der Waals surface area contributed by atoms with E-state index in [4.69, 9.17) is 13.9 Å². The topological polar surface area (TPSA) is 90.7 Å². The molecule has 1 aromatic heterocycles. The molecule has 168 valence electrons. The summed E-state index contributed by atoms with van der Waals surface area (Å²) in [6.45, 7) is 0.810. The molecule has 6 rings (SSSR count). The molecule has 2 saturated carbocycles. The van der Waals surface area contributed by atoms with E-state index in [1.54, 1.807) is 6.20 Å². The molecule has 7 nitrogen and oxygen atoms in total. The quantitative estimate of drug-likeness (QED) is 0.757. The maximum absolute atomic E-state index is 11.8. The van der Waals surface area contributed by atoms with E-state index in [2.05, 4.69) is 27.9 Å². The molecular weight excluding hydrogens is 416 g/mol. The lowest BCUT2D eigenvalue weighted by molar-refractivity contribution is -0.0103. The van der Waals surface area contributed by atoms with Gasteiger partial charge in [-0.2, -0.15) is 0 Å². The Hall–Kier alpha value is -1.90. The molecule has 0 saturated heterocycles. The van der Waals surface area contributed by atoms with Crippen molar-refractivity contribution in [1.82, 2.24) is 9.71 Å². The molecule has 1 N–H and O–H groups in total. The number of ether oxygens (including phenoxy) is 2. The minimum Gasteiger partial charge on any atom is -0.486 e. The van der Waals surface area contributed by atoms with Gasteiger partial charge in [-0.3, -0.25) is 0 Å². The zero-order valence-corrected chi connectivity index (χ0v) is 18.7. The Bertz CT molecular complexity index is 1030. The van der Waals surface area contributed by atoms with Gasteiger partial charge in [-0.25, -0.2) is 18.1 Å². The number of hydrogen-bond donors (Lipinski definition) is 1. The fraction of sp³-hybridized carbons (Fsp3) is 0.609. The second kappa shape index (κ2) is 8.22. The molecule has 2 aliphatic carbocycles. The van der Waals surface area contributed by atoms with Crippen LogP contribution in [0.25, 0.3) is 0 Å². The number of rotatable bonds is 2. The second-order valence-corrected chi connectivity index (χ2v) is 11.2. The number of hydrogen-bond acceptors (Lipinski definition) is 6. The van der Waals surface area contributed by atoms with Gasteiger partial charge in [0.2, 0.25) is 15.9 Å². The van der Waals surface area contributed by atoms with Crippen molar-refractivity contribution in [3.05, 3.63) is 47.7 Å². The fourth-order valence-electron chi connectivity index (χ4n) is 5.39. The second-order valence-electron chi connectivity index (χ2n) is 9.39. The van der Waals surface area contributed by atoms with Crippen molar-refractivity contribution in [2.45, 2.75) is 75.0 Å². The van der Waals surface area contributed by atoms with E-state index in [1.807, 2.05) is 6.07 Å². The first-order valence-corrected chi connectivity index (χ1v) is 13.0. The first-order chi connectivity index (χ1) is 14.9. The van der Waals surface area contributed by atoms with Crippen LogP contribution in [0.3, 0.4) is 0 Å². The Balaban J connectivity index is 1.43. The molecule has 1 aromatic carbocycles. The van der Waals surface area contributed by atoms with Gasteiger partial charge in [-0.1, -0.05) is 12.1 Å². The van der Waals surface area contributed by atoms with Crippen LogP contribution in [0, 0.1) is 0 Å². The van der Waals surface area contributed by atoms with Gasteiger partial charge < -0.3 is 13.9 Å². The Morgan fingerprint density at radius 1 is 1.16 bits per heavy atom. The highest BCUT2D eigenvalue weighted by molar-refractivity contribution is 7.88. The maximum atomic E-state index is 11.8. The largest absolute Gasteiger partial charge is 0.486 e. The number of nitrogens with one attached hydrogen (secondary N) is 1. The predicted molar refractivity (Wildman–Crippen MR) is 116 cm³/mol. The van der Waals surface area contributed by atoms with Crippen molar-refractivity contribution in [2.75, 3.05) is 12.9 Å². The molecule has 6 bridgehead atoms. The molecule has 2 atom stereocenters. The monoisotopic (exact) mass is 446 g/mol. The van der Waals surface area contributed by atoms with Crippen LogP contribution in [0.1, 0.15) is 68.1 Å². The molecule has 31 heavy (non-hydrogen) atoms. The fourth-order valence-corrected chi connectivity index (χ4v) is 6.20. The molecule has 2 fully saturated rings. The van der Waals surface area contributed by atoms with Gasteiger partial charge in [0, 0.05) is 6.04 Å². The van der Waals surface area contributed by atoms with E-state index < -0.39 is 15.4 Å². The summed E-state index contributed by atoms with van der Waals surface area (Å²) < 4.78 is 44.9. The van der Waals surface area contributed by atoms with Crippen molar-refractivity contribution >= 4 is 10.0 Å². The number of fused-ring (bicyclic) bond motifs is 4. The lowest BCUT2D eigenvalue weighted by Crippen LogP contribution is -2.37. The Morgan fingerprint density at radius 2 is 2.00 bits per heavy atom. The van der Waals surface area contributed by atoms with Crippen molar-refractivity contribution in [2.24, 2.45) is 0 Å². The van der Waals surface area contributed by atoms with Crippen LogP contribution in [0.5, 0.6) is 5.75 Å². The number of aromatic nitrogens is 1. The highest BCUT2D eigenvalue weighted by atomic mass is 32.2. The summed E-state index contributed by atoms with van der Waals surface area (Å²) in [6.07, 6.45) is 9.52. The van der Waals surface area contributed by atoms with Crippen molar-refractivity contribution in [3.8, 4) is 5.75 Å². The molecule has 3 heterocycles. The Labute approximate surface area is 183 Å². The van der Waals surface area contributed by atoms with Crippen molar-refractivity contribution in [1.29, 1.82) is 0 Å². The molecule has 1 spiro atoms. The average molecular weight is 447 g/mol. The molecule has 0 amide bonds. The van der Waals surface area contributed by atoms with Crippen LogP contribution in [0.2, 0.25) is 0 Å². The summed E-state index contributed by atoms with van der Waals surface area (Å²) in [4.78, 5) is 4.58. The standard InChI is InChI=1S/C23H30N2O5S/c1-31(26,27)25-18-9-10-23(12-18)15-29-19-7-5-16(6-8-19)17-3-2-4-20(11-17)28-14-21-13-24-22(23)30-21/h2-4,11,13,16,18-19,25H,5-10,12,14-15H2,1H3/t16?,18-,19?,23-/m0/s1. The first-order valence-electron chi connectivity index (χ1n) is 11.2. The molecule has 8 heteroatoms. The molecule has 0 radical (unpaired) electrons.